The Kier molecular flexibility index (Phi) is 7.20. The molecule has 0 spiro atoms. The number of amidine groups is 1. The number of aliphatic imine (C=N–C) groups is 1. The Bertz CT molecular complexity index is 1260. The molecule has 0 unspecified atom stereocenters. The summed E-state index contributed by atoms with van der Waals surface area (Å²) in [5.41, 5.74) is 1.53. The third-order valence-corrected chi connectivity index (χ3v) is 8.91. The van der Waals surface area contributed by atoms with Gasteiger partial charge in [-0.2, -0.15) is 4.99 Å². The number of aliphatic carboxylic acids is 1. The van der Waals surface area contributed by atoms with Crippen LogP contribution in [0.3, 0.4) is 0 Å². The Morgan fingerprint density at radius 3 is 2.74 bits per heavy atom. The molecule has 1 amide bonds. The van der Waals surface area contributed by atoms with E-state index >= 15 is 0 Å². The molecule has 1 N–H and O–H groups in total. The van der Waals surface area contributed by atoms with Gasteiger partial charge in [0.2, 0.25) is 5.91 Å². The van der Waals surface area contributed by atoms with Crippen molar-refractivity contribution < 1.29 is 27.9 Å². The quantitative estimate of drug-likeness (QED) is 0.572. The average molecular weight is 523 g/mol. The van der Waals surface area contributed by atoms with Gasteiger partial charge in [0.25, 0.3) is 0 Å². The molecular formula is C23H23ClN2O6S2. The lowest BCUT2D eigenvalue weighted by Crippen LogP contribution is -2.38. The van der Waals surface area contributed by atoms with Crippen molar-refractivity contribution in [3.63, 3.8) is 0 Å². The number of anilines is 1. The van der Waals surface area contributed by atoms with Gasteiger partial charge in [0.1, 0.15) is 5.75 Å². The van der Waals surface area contributed by atoms with Gasteiger partial charge in [0.05, 0.1) is 23.2 Å². The summed E-state index contributed by atoms with van der Waals surface area (Å²) in [5, 5.41) is 9.31. The Balaban J connectivity index is 1.71. The van der Waals surface area contributed by atoms with Crippen LogP contribution >= 0.6 is 23.4 Å². The van der Waals surface area contributed by atoms with Crippen LogP contribution in [-0.2, 0) is 19.4 Å². The number of benzene rings is 2. The van der Waals surface area contributed by atoms with Gasteiger partial charge in [0.15, 0.2) is 20.8 Å². The van der Waals surface area contributed by atoms with E-state index < -0.39 is 27.8 Å². The van der Waals surface area contributed by atoms with E-state index in [1.165, 1.54) is 11.8 Å². The Hall–Kier alpha value is -2.56. The molecule has 0 saturated carbocycles. The van der Waals surface area contributed by atoms with Gasteiger partial charge < -0.3 is 14.7 Å². The van der Waals surface area contributed by atoms with Crippen LogP contribution in [0.1, 0.15) is 24.8 Å². The summed E-state index contributed by atoms with van der Waals surface area (Å²) in [6.45, 7) is 1.95. The van der Waals surface area contributed by atoms with E-state index in [2.05, 4.69) is 4.99 Å². The van der Waals surface area contributed by atoms with Gasteiger partial charge in [-0.15, -0.1) is 0 Å². The number of halogens is 1. The van der Waals surface area contributed by atoms with E-state index in [9.17, 15) is 18.0 Å². The number of thioether (sulfide) groups is 1. The molecule has 4 rings (SSSR count). The minimum absolute atomic E-state index is 0.0139. The normalized spacial score (nSPS) is 22.1. The minimum atomic E-state index is -3.25. The second-order valence-electron chi connectivity index (χ2n) is 8.24. The lowest BCUT2D eigenvalue weighted by Gasteiger charge is -2.27. The summed E-state index contributed by atoms with van der Waals surface area (Å²) in [7, 11) is -3.25. The molecule has 2 heterocycles. The molecule has 0 aromatic heterocycles. The van der Waals surface area contributed by atoms with E-state index in [-0.39, 0.29) is 36.0 Å². The van der Waals surface area contributed by atoms with E-state index in [1.54, 1.807) is 23.1 Å². The topological polar surface area (TPSA) is 113 Å². The summed E-state index contributed by atoms with van der Waals surface area (Å²) in [4.78, 5) is 29.2. The van der Waals surface area contributed by atoms with Gasteiger partial charge >= 0.3 is 5.97 Å². The summed E-state index contributed by atoms with van der Waals surface area (Å²) in [6.07, 6.45) is 0.0372. The first-order chi connectivity index (χ1) is 16.1. The zero-order chi connectivity index (χ0) is 24.5. The van der Waals surface area contributed by atoms with Gasteiger partial charge in [-0.1, -0.05) is 35.5 Å². The predicted octanol–water partition coefficient (Wildman–Crippen LogP) is 4.30. The summed E-state index contributed by atoms with van der Waals surface area (Å²) < 4.78 is 30.9. The molecule has 0 bridgehead atoms. The number of amides is 1. The molecule has 0 aliphatic carbocycles. The molecule has 2 aromatic carbocycles. The van der Waals surface area contributed by atoms with Crippen molar-refractivity contribution in [3.8, 4) is 11.5 Å². The maximum Gasteiger partial charge on any atom is 0.303 e. The van der Waals surface area contributed by atoms with Crippen molar-refractivity contribution in [3.05, 3.63) is 53.1 Å². The molecule has 2 aliphatic rings. The summed E-state index contributed by atoms with van der Waals surface area (Å²) >= 11 is 7.54. The number of carbonyl (C=O) groups is 2. The van der Waals surface area contributed by atoms with Crippen LogP contribution in [-0.4, -0.2) is 53.4 Å². The van der Waals surface area contributed by atoms with Crippen molar-refractivity contribution in [2.75, 3.05) is 16.4 Å². The van der Waals surface area contributed by atoms with Gasteiger partial charge in [0, 0.05) is 23.1 Å². The van der Waals surface area contributed by atoms with Crippen molar-refractivity contribution in [1.29, 1.82) is 0 Å². The number of hydrogen-bond donors (Lipinski definition) is 1. The van der Waals surface area contributed by atoms with E-state index in [4.69, 9.17) is 21.4 Å². The maximum absolute atomic E-state index is 12.5. The third kappa shape index (κ3) is 5.73. The number of hydrogen-bond acceptors (Lipinski definition) is 6. The second kappa shape index (κ2) is 9.97. The highest BCUT2D eigenvalue weighted by Crippen LogP contribution is 2.45. The number of ether oxygens (including phenoxy) is 1. The number of carbonyl (C=O) groups excluding carboxylic acids is 1. The molecule has 34 heavy (non-hydrogen) atoms. The number of carboxylic acids is 1. The Morgan fingerprint density at radius 1 is 1.21 bits per heavy atom. The van der Waals surface area contributed by atoms with Crippen molar-refractivity contribution >= 4 is 55.9 Å². The molecular weight excluding hydrogens is 500 g/mol. The summed E-state index contributed by atoms with van der Waals surface area (Å²) in [5.74, 6) is -0.470. The Labute approximate surface area is 206 Å². The van der Waals surface area contributed by atoms with Crippen molar-refractivity contribution in [2.24, 2.45) is 4.99 Å². The van der Waals surface area contributed by atoms with Crippen LogP contribution in [0.2, 0.25) is 5.02 Å². The SMILES string of the molecule is Cc1cccc(Oc2ccc(Cl)cc2N2C(=NC(=O)CCCC(=O)O)S[C@H]3CS(=O)(=O)C[C@H]32)c1. The van der Waals surface area contributed by atoms with E-state index in [1.807, 2.05) is 31.2 Å². The highest BCUT2D eigenvalue weighted by molar-refractivity contribution is 8.16. The van der Waals surface area contributed by atoms with Gasteiger partial charge in [-0.25, -0.2) is 8.42 Å². The van der Waals surface area contributed by atoms with E-state index in [0.717, 1.165) is 5.56 Å². The molecule has 2 fully saturated rings. The van der Waals surface area contributed by atoms with Crippen LogP contribution in [0.15, 0.2) is 47.5 Å². The number of rotatable bonds is 7. The lowest BCUT2D eigenvalue weighted by molar-refractivity contribution is -0.137. The van der Waals surface area contributed by atoms with Crippen LogP contribution < -0.4 is 9.64 Å². The van der Waals surface area contributed by atoms with Gasteiger partial charge in [-0.05, 0) is 49.2 Å². The third-order valence-electron chi connectivity index (χ3n) is 5.47. The average Bonchev–Trinajstić information content (AvgIpc) is 3.19. The predicted molar refractivity (Wildman–Crippen MR) is 133 cm³/mol. The Morgan fingerprint density at radius 2 is 2.00 bits per heavy atom. The maximum atomic E-state index is 12.5. The van der Waals surface area contributed by atoms with Crippen LogP contribution in [0.5, 0.6) is 11.5 Å². The molecule has 180 valence electrons. The fourth-order valence-electron chi connectivity index (χ4n) is 3.97. The van der Waals surface area contributed by atoms with Crippen LogP contribution in [0, 0.1) is 6.92 Å². The molecule has 0 radical (unpaired) electrons. The fraction of sp³-hybridized carbons (Fsp3) is 0.348. The number of aryl methyl sites for hydroxylation is 1. The van der Waals surface area contributed by atoms with Crippen LogP contribution in [0.4, 0.5) is 5.69 Å². The summed E-state index contributed by atoms with van der Waals surface area (Å²) in [6, 6.07) is 12.1. The number of nitrogens with zero attached hydrogens (tertiary/aromatic N) is 2. The highest BCUT2D eigenvalue weighted by Gasteiger charge is 2.50. The van der Waals surface area contributed by atoms with Gasteiger partial charge in [-0.3, -0.25) is 9.59 Å². The smallest absolute Gasteiger partial charge is 0.303 e. The molecule has 11 heteroatoms. The second-order valence-corrected chi connectivity index (χ2v) is 12.0. The largest absolute Gasteiger partial charge is 0.481 e. The zero-order valence-corrected chi connectivity index (χ0v) is 20.7. The molecule has 2 atom stereocenters. The molecule has 2 aromatic rings. The zero-order valence-electron chi connectivity index (χ0n) is 18.3. The minimum Gasteiger partial charge on any atom is -0.481 e. The lowest BCUT2D eigenvalue weighted by atomic mass is 10.2. The molecule has 2 saturated heterocycles. The van der Waals surface area contributed by atoms with Crippen LogP contribution in [0.25, 0.3) is 0 Å². The highest BCUT2D eigenvalue weighted by atomic mass is 35.5. The molecule has 8 nitrogen and oxygen atoms in total. The monoisotopic (exact) mass is 522 g/mol. The first-order valence-electron chi connectivity index (χ1n) is 10.6. The first-order valence-corrected chi connectivity index (χ1v) is 13.7. The fourth-order valence-corrected chi connectivity index (χ4v) is 8.06. The molecule has 2 aliphatic heterocycles. The van der Waals surface area contributed by atoms with Crippen molar-refractivity contribution in [2.45, 2.75) is 37.5 Å². The van der Waals surface area contributed by atoms with Crippen molar-refractivity contribution in [1.82, 2.24) is 0 Å². The number of sulfone groups is 1. The first kappa shape index (κ1) is 24.6. The van der Waals surface area contributed by atoms with E-state index in [0.29, 0.717) is 27.4 Å². The standard InChI is InChI=1S/C23H23ClN2O6S2/c1-14-4-2-5-16(10-14)32-19-9-8-15(24)11-17(19)26-18-12-34(30,31)13-20(18)33-23(26)25-21(27)6-3-7-22(28)29/h2,4-5,8-11,18,20H,3,6-7,12-13H2,1H3,(H,28,29)/t18-,20+/m1/s1. The number of fused-ring (bicyclic) bond motifs is 1. The number of carboxylic acid groups (broad SMARTS) is 1.